The molecule has 122 valence electrons. The average molecular weight is 323 g/mol. The van der Waals surface area contributed by atoms with Crippen molar-refractivity contribution in [1.82, 2.24) is 15.5 Å². The van der Waals surface area contributed by atoms with E-state index in [4.69, 9.17) is 0 Å². The Morgan fingerprint density at radius 2 is 2.00 bits per heavy atom. The molecule has 0 radical (unpaired) electrons. The molecule has 1 aliphatic rings. The molecule has 0 aliphatic carbocycles. The standard InChI is InChI=1S/C16H25N3O2S/c1-16(2,3)18-15(21)19-8-6-12(7-9-19)11-17-14(20)13-5-4-10-22-13/h4-5,10,12H,6-9,11H2,1-3H3,(H,17,20)(H,18,21). The highest BCUT2D eigenvalue weighted by atomic mass is 32.1. The Bertz CT molecular complexity index is 500. The first kappa shape index (κ1) is 16.8. The zero-order valence-electron chi connectivity index (χ0n) is 13.5. The van der Waals surface area contributed by atoms with E-state index in [-0.39, 0.29) is 17.5 Å². The van der Waals surface area contributed by atoms with Gasteiger partial charge in [0.2, 0.25) is 0 Å². The fourth-order valence-corrected chi connectivity index (χ4v) is 3.11. The van der Waals surface area contributed by atoms with E-state index in [1.54, 1.807) is 0 Å². The Kier molecular flexibility index (Phi) is 5.45. The lowest BCUT2D eigenvalue weighted by molar-refractivity contribution is 0.0941. The summed E-state index contributed by atoms with van der Waals surface area (Å²) in [5.74, 6) is 0.450. The first-order valence-corrected chi connectivity index (χ1v) is 8.62. The molecule has 0 saturated carbocycles. The summed E-state index contributed by atoms with van der Waals surface area (Å²) in [7, 11) is 0. The Labute approximate surface area is 136 Å². The number of carbonyl (C=O) groups is 2. The summed E-state index contributed by atoms with van der Waals surface area (Å²) < 4.78 is 0. The second kappa shape index (κ2) is 7.13. The first-order chi connectivity index (χ1) is 10.3. The van der Waals surface area contributed by atoms with Gasteiger partial charge in [0.1, 0.15) is 0 Å². The molecule has 1 aromatic rings. The molecule has 2 rings (SSSR count). The maximum absolute atomic E-state index is 12.1. The molecule has 2 N–H and O–H groups in total. The summed E-state index contributed by atoms with van der Waals surface area (Å²) in [6.45, 7) is 8.14. The van der Waals surface area contributed by atoms with E-state index < -0.39 is 0 Å². The molecule has 0 bridgehead atoms. The van der Waals surface area contributed by atoms with Crippen molar-refractivity contribution in [2.24, 2.45) is 5.92 Å². The molecular weight excluding hydrogens is 298 g/mol. The fourth-order valence-electron chi connectivity index (χ4n) is 2.47. The van der Waals surface area contributed by atoms with Crippen molar-refractivity contribution in [2.45, 2.75) is 39.2 Å². The van der Waals surface area contributed by atoms with Gasteiger partial charge >= 0.3 is 6.03 Å². The number of rotatable bonds is 3. The van der Waals surface area contributed by atoms with E-state index >= 15 is 0 Å². The summed E-state index contributed by atoms with van der Waals surface area (Å²) >= 11 is 1.45. The predicted octanol–water partition coefficient (Wildman–Crippen LogP) is 2.70. The summed E-state index contributed by atoms with van der Waals surface area (Å²) in [5.41, 5.74) is -0.206. The van der Waals surface area contributed by atoms with Gasteiger partial charge in [-0.3, -0.25) is 4.79 Å². The predicted molar refractivity (Wildman–Crippen MR) is 89.2 cm³/mol. The number of urea groups is 1. The number of carbonyl (C=O) groups excluding carboxylic acids is 2. The van der Waals surface area contributed by atoms with Gasteiger partial charge in [0.15, 0.2) is 0 Å². The summed E-state index contributed by atoms with van der Waals surface area (Å²) in [6, 6.07) is 3.72. The van der Waals surface area contributed by atoms with Crippen LogP contribution in [-0.4, -0.2) is 42.0 Å². The third-order valence-corrected chi connectivity index (χ3v) is 4.55. The number of thiophene rings is 1. The van der Waals surface area contributed by atoms with Gasteiger partial charge in [-0.25, -0.2) is 4.79 Å². The van der Waals surface area contributed by atoms with Gasteiger partial charge in [-0.15, -0.1) is 11.3 Å². The van der Waals surface area contributed by atoms with Crippen molar-refractivity contribution in [3.05, 3.63) is 22.4 Å². The molecule has 0 aromatic carbocycles. The van der Waals surface area contributed by atoms with Gasteiger partial charge in [-0.2, -0.15) is 0 Å². The number of amides is 3. The molecule has 0 atom stereocenters. The van der Waals surface area contributed by atoms with Crippen LogP contribution in [0.25, 0.3) is 0 Å². The second-order valence-corrected chi connectivity index (χ2v) is 7.75. The molecule has 0 spiro atoms. The van der Waals surface area contributed by atoms with Crippen LogP contribution in [0, 0.1) is 5.92 Å². The van der Waals surface area contributed by atoms with Gasteiger partial charge in [0.25, 0.3) is 5.91 Å². The van der Waals surface area contributed by atoms with E-state index in [0.717, 1.165) is 30.8 Å². The highest BCUT2D eigenvalue weighted by Crippen LogP contribution is 2.17. The molecule has 0 unspecified atom stereocenters. The summed E-state index contributed by atoms with van der Waals surface area (Å²) in [6.07, 6.45) is 1.87. The monoisotopic (exact) mass is 323 g/mol. The topological polar surface area (TPSA) is 61.4 Å². The molecule has 5 nitrogen and oxygen atoms in total. The molecule has 22 heavy (non-hydrogen) atoms. The van der Waals surface area contributed by atoms with E-state index in [2.05, 4.69) is 10.6 Å². The molecule has 1 fully saturated rings. The quantitative estimate of drug-likeness (QED) is 0.898. The minimum Gasteiger partial charge on any atom is -0.351 e. The summed E-state index contributed by atoms with van der Waals surface area (Å²) in [4.78, 5) is 26.6. The number of piperidine rings is 1. The lowest BCUT2D eigenvalue weighted by Gasteiger charge is -2.34. The Balaban J connectivity index is 1.71. The van der Waals surface area contributed by atoms with Crippen molar-refractivity contribution < 1.29 is 9.59 Å². The Hall–Kier alpha value is -1.56. The summed E-state index contributed by atoms with van der Waals surface area (Å²) in [5, 5.41) is 7.88. The van der Waals surface area contributed by atoms with Crippen LogP contribution < -0.4 is 10.6 Å². The Morgan fingerprint density at radius 1 is 1.32 bits per heavy atom. The van der Waals surface area contributed by atoms with Crippen molar-refractivity contribution in [3.8, 4) is 0 Å². The molecule has 1 aliphatic heterocycles. The minimum atomic E-state index is -0.206. The third kappa shape index (κ3) is 5.02. The zero-order valence-corrected chi connectivity index (χ0v) is 14.3. The number of nitrogens with zero attached hydrogens (tertiary/aromatic N) is 1. The average Bonchev–Trinajstić information content (AvgIpc) is 2.97. The second-order valence-electron chi connectivity index (χ2n) is 6.80. The molecule has 1 aromatic heterocycles. The number of likely N-dealkylation sites (tertiary alicyclic amines) is 1. The Morgan fingerprint density at radius 3 is 2.55 bits per heavy atom. The van der Waals surface area contributed by atoms with E-state index in [9.17, 15) is 9.59 Å². The van der Waals surface area contributed by atoms with Gasteiger partial charge in [0.05, 0.1) is 4.88 Å². The lowest BCUT2D eigenvalue weighted by atomic mass is 9.97. The van der Waals surface area contributed by atoms with Crippen LogP contribution in [0.4, 0.5) is 4.79 Å². The van der Waals surface area contributed by atoms with Crippen LogP contribution in [0.2, 0.25) is 0 Å². The van der Waals surface area contributed by atoms with Gasteiger partial charge in [-0.05, 0) is 51.0 Å². The van der Waals surface area contributed by atoms with E-state index in [1.807, 2.05) is 43.2 Å². The molecular formula is C16H25N3O2S. The fraction of sp³-hybridized carbons (Fsp3) is 0.625. The highest BCUT2D eigenvalue weighted by Gasteiger charge is 2.25. The van der Waals surface area contributed by atoms with Crippen molar-refractivity contribution in [3.63, 3.8) is 0 Å². The van der Waals surface area contributed by atoms with Crippen molar-refractivity contribution in [1.29, 1.82) is 0 Å². The molecule has 3 amide bonds. The van der Waals surface area contributed by atoms with Crippen molar-refractivity contribution in [2.75, 3.05) is 19.6 Å². The van der Waals surface area contributed by atoms with Gasteiger partial charge in [0, 0.05) is 25.2 Å². The van der Waals surface area contributed by atoms with Crippen LogP contribution in [0.3, 0.4) is 0 Å². The molecule has 2 heterocycles. The normalized spacial score (nSPS) is 16.4. The van der Waals surface area contributed by atoms with E-state index in [0.29, 0.717) is 12.5 Å². The van der Waals surface area contributed by atoms with Crippen LogP contribution in [0.15, 0.2) is 17.5 Å². The van der Waals surface area contributed by atoms with Crippen LogP contribution in [0.5, 0.6) is 0 Å². The third-order valence-electron chi connectivity index (χ3n) is 3.68. The molecule has 1 saturated heterocycles. The van der Waals surface area contributed by atoms with Crippen molar-refractivity contribution >= 4 is 23.3 Å². The van der Waals surface area contributed by atoms with Crippen LogP contribution in [0.1, 0.15) is 43.3 Å². The van der Waals surface area contributed by atoms with Crippen LogP contribution >= 0.6 is 11.3 Å². The molecule has 6 heteroatoms. The first-order valence-electron chi connectivity index (χ1n) is 7.74. The van der Waals surface area contributed by atoms with E-state index in [1.165, 1.54) is 11.3 Å². The SMILES string of the molecule is CC(C)(C)NC(=O)N1CCC(CNC(=O)c2cccs2)CC1. The largest absolute Gasteiger partial charge is 0.351 e. The van der Waals surface area contributed by atoms with Gasteiger partial charge in [-0.1, -0.05) is 6.07 Å². The maximum atomic E-state index is 12.1. The minimum absolute atomic E-state index is 0.00269. The highest BCUT2D eigenvalue weighted by molar-refractivity contribution is 7.12. The van der Waals surface area contributed by atoms with Crippen LogP contribution in [-0.2, 0) is 0 Å². The number of nitrogens with one attached hydrogen (secondary N) is 2. The maximum Gasteiger partial charge on any atom is 0.317 e. The zero-order chi connectivity index (χ0) is 16.2. The van der Waals surface area contributed by atoms with Gasteiger partial charge < -0.3 is 15.5 Å². The number of hydrogen-bond donors (Lipinski definition) is 2. The lowest BCUT2D eigenvalue weighted by Crippen LogP contribution is -2.51. The smallest absolute Gasteiger partial charge is 0.317 e. The number of hydrogen-bond acceptors (Lipinski definition) is 3.